The van der Waals surface area contributed by atoms with Crippen LogP contribution in [0, 0.1) is 0 Å². The van der Waals surface area contributed by atoms with E-state index in [9.17, 15) is 0 Å². The van der Waals surface area contributed by atoms with Gasteiger partial charge in [-0.15, -0.1) is 11.3 Å². The van der Waals surface area contributed by atoms with Gasteiger partial charge in [-0.25, -0.2) is 0 Å². The number of nitrogens with zero attached hydrogens (tertiary/aromatic N) is 1. The van der Waals surface area contributed by atoms with Crippen LogP contribution in [-0.4, -0.2) is 4.57 Å². The molecule has 0 saturated heterocycles. The van der Waals surface area contributed by atoms with Crippen molar-refractivity contribution in [1.29, 1.82) is 0 Å². The molecule has 1 atom stereocenters. The Kier molecular flexibility index (Phi) is 7.81. The molecule has 0 spiro atoms. The average molecular weight is 870 g/mol. The van der Waals surface area contributed by atoms with Crippen LogP contribution in [0.4, 0.5) is 0 Å². The second kappa shape index (κ2) is 14.1. The standard InChI is InChI=1S/C64H39NOS/c1-2-12-38(13-3-1)45-16-4-5-17-46(45)39-24-26-40(27-25-39)47-20-11-21-49-53-35-43(30-33-60(53)67-64(47)49)42-29-32-56-52(34-42)48-18-6-8-22-55(48)65(56)57-36-44-15-10-14-41-28-31-51-62-50-19-7-9-23-58(50)66-59(62)37-54(57)63(51)61(41)44/h1-27,29-37,62H,28H2. The largest absolute Gasteiger partial charge is 0.460 e. The lowest BCUT2D eigenvalue weighted by Gasteiger charge is -2.30. The molecule has 15 rings (SSSR count). The fourth-order valence-electron chi connectivity index (χ4n) is 11.7. The van der Waals surface area contributed by atoms with Gasteiger partial charge in [-0.3, -0.25) is 0 Å². The van der Waals surface area contributed by atoms with Crippen LogP contribution in [0.25, 0.3) is 115 Å². The Hall–Kier alpha value is -8.24. The summed E-state index contributed by atoms with van der Waals surface area (Å²) in [6.45, 7) is 0. The number of rotatable bonds is 5. The number of thiophene rings is 1. The van der Waals surface area contributed by atoms with Crippen LogP contribution in [-0.2, 0) is 6.42 Å². The Balaban J connectivity index is 0.843. The van der Waals surface area contributed by atoms with E-state index >= 15 is 0 Å². The highest BCUT2D eigenvalue weighted by Crippen LogP contribution is 2.56. The minimum Gasteiger partial charge on any atom is -0.460 e. The molecule has 0 bridgehead atoms. The van der Waals surface area contributed by atoms with Gasteiger partial charge in [0.15, 0.2) is 0 Å². The Morgan fingerprint density at radius 3 is 2.01 bits per heavy atom. The van der Waals surface area contributed by atoms with E-state index < -0.39 is 0 Å². The molecule has 312 valence electrons. The van der Waals surface area contributed by atoms with Gasteiger partial charge in [-0.1, -0.05) is 170 Å². The number of hydrogen-bond donors (Lipinski definition) is 0. The highest BCUT2D eigenvalue weighted by atomic mass is 32.1. The van der Waals surface area contributed by atoms with Crippen LogP contribution >= 0.6 is 11.3 Å². The smallest absolute Gasteiger partial charge is 0.131 e. The Bertz CT molecular complexity index is 4150. The Morgan fingerprint density at radius 1 is 0.493 bits per heavy atom. The maximum absolute atomic E-state index is 6.67. The molecule has 3 heterocycles. The van der Waals surface area contributed by atoms with Crippen molar-refractivity contribution < 1.29 is 4.74 Å². The number of ether oxygens (including phenoxy) is 1. The van der Waals surface area contributed by atoms with Gasteiger partial charge in [0.25, 0.3) is 0 Å². The SMILES string of the molecule is C1=C2Oc3ccccc3C2C2=CCc3cccc4cc(-n5c6ccccc6c6cc(-c7ccc8sc9c(-c%10ccc(-c%11ccccc%11-c%11ccccc%11)cc%10)cccc9c8c7)ccc65)c1c2c34. The Morgan fingerprint density at radius 2 is 1.15 bits per heavy atom. The van der Waals surface area contributed by atoms with E-state index in [1.54, 1.807) is 0 Å². The number of aromatic nitrogens is 1. The summed E-state index contributed by atoms with van der Waals surface area (Å²) >= 11 is 1.89. The van der Waals surface area contributed by atoms with E-state index in [-0.39, 0.29) is 5.92 Å². The number of allylic oxidation sites excluding steroid dienone is 2. The molecule has 0 N–H and O–H groups in total. The average Bonchev–Trinajstić information content (AvgIpc) is 4.07. The van der Waals surface area contributed by atoms with Gasteiger partial charge in [-0.2, -0.15) is 0 Å². The third-order valence-corrected chi connectivity index (χ3v) is 15.9. The quantitative estimate of drug-likeness (QED) is 0.168. The first-order chi connectivity index (χ1) is 33.2. The van der Waals surface area contributed by atoms with E-state index in [1.165, 1.54) is 131 Å². The summed E-state index contributed by atoms with van der Waals surface area (Å²) in [6.07, 6.45) is 5.73. The first-order valence-corrected chi connectivity index (χ1v) is 24.1. The molecule has 1 unspecified atom stereocenters. The number of benzene rings is 10. The zero-order valence-corrected chi connectivity index (χ0v) is 37.1. The van der Waals surface area contributed by atoms with Gasteiger partial charge in [0.05, 0.1) is 22.6 Å². The van der Waals surface area contributed by atoms with Crippen molar-refractivity contribution in [1.82, 2.24) is 4.57 Å². The normalized spacial score (nSPS) is 14.7. The number of hydrogen-bond acceptors (Lipinski definition) is 2. The van der Waals surface area contributed by atoms with Crippen molar-refractivity contribution in [3.8, 4) is 55.9 Å². The summed E-state index contributed by atoms with van der Waals surface area (Å²) in [4.78, 5) is 0. The molecular formula is C64H39NOS. The molecule has 3 aliphatic rings. The van der Waals surface area contributed by atoms with Crippen molar-refractivity contribution in [3.63, 3.8) is 0 Å². The fraction of sp³-hybridized carbons (Fsp3) is 0.0312. The summed E-state index contributed by atoms with van der Waals surface area (Å²) in [5.41, 5.74) is 20.1. The lowest BCUT2D eigenvalue weighted by atomic mass is 9.74. The van der Waals surface area contributed by atoms with E-state index in [2.05, 4.69) is 223 Å². The topological polar surface area (TPSA) is 14.2 Å². The van der Waals surface area contributed by atoms with Gasteiger partial charge in [0.1, 0.15) is 11.5 Å². The fourth-order valence-corrected chi connectivity index (χ4v) is 12.9. The predicted molar refractivity (Wildman–Crippen MR) is 282 cm³/mol. The summed E-state index contributed by atoms with van der Waals surface area (Å²) in [5, 5.41) is 7.75. The first kappa shape index (κ1) is 37.0. The third-order valence-electron chi connectivity index (χ3n) is 14.7. The van der Waals surface area contributed by atoms with Crippen LogP contribution in [0.3, 0.4) is 0 Å². The van der Waals surface area contributed by atoms with Gasteiger partial charge in [0.2, 0.25) is 0 Å². The molecule has 2 aliphatic carbocycles. The van der Waals surface area contributed by atoms with E-state index in [1.807, 2.05) is 11.3 Å². The zero-order chi connectivity index (χ0) is 43.7. The second-order valence-electron chi connectivity index (χ2n) is 18.3. The molecule has 0 fully saturated rings. The molecule has 1 aliphatic heterocycles. The third kappa shape index (κ3) is 5.44. The predicted octanol–water partition coefficient (Wildman–Crippen LogP) is 17.4. The molecule has 67 heavy (non-hydrogen) atoms. The molecule has 0 amide bonds. The summed E-state index contributed by atoms with van der Waals surface area (Å²) in [5.74, 6) is 2.10. The van der Waals surface area contributed by atoms with Crippen LogP contribution in [0.15, 0.2) is 218 Å². The summed E-state index contributed by atoms with van der Waals surface area (Å²) in [7, 11) is 0. The number of para-hydroxylation sites is 2. The highest BCUT2D eigenvalue weighted by Gasteiger charge is 2.39. The minimum absolute atomic E-state index is 0.112. The molecule has 0 radical (unpaired) electrons. The van der Waals surface area contributed by atoms with E-state index in [0.717, 1.165) is 17.9 Å². The zero-order valence-electron chi connectivity index (χ0n) is 36.3. The molecular weight excluding hydrogens is 831 g/mol. The first-order valence-electron chi connectivity index (χ1n) is 23.2. The summed E-state index contributed by atoms with van der Waals surface area (Å²) in [6, 6.07) is 76.2. The lowest BCUT2D eigenvalue weighted by Crippen LogP contribution is -2.15. The minimum atomic E-state index is 0.112. The van der Waals surface area contributed by atoms with Crippen LogP contribution in [0.1, 0.15) is 28.2 Å². The second-order valence-corrected chi connectivity index (χ2v) is 19.3. The molecule has 3 heteroatoms. The van der Waals surface area contributed by atoms with Crippen molar-refractivity contribution in [2.24, 2.45) is 0 Å². The molecule has 0 saturated carbocycles. The van der Waals surface area contributed by atoms with Crippen molar-refractivity contribution in [2.75, 3.05) is 0 Å². The molecule has 12 aromatic rings. The maximum Gasteiger partial charge on any atom is 0.131 e. The van der Waals surface area contributed by atoms with Crippen molar-refractivity contribution in [2.45, 2.75) is 12.3 Å². The molecule has 2 aromatic heterocycles. The van der Waals surface area contributed by atoms with Gasteiger partial charge < -0.3 is 9.30 Å². The highest BCUT2D eigenvalue weighted by molar-refractivity contribution is 7.26. The Labute approximate surface area is 391 Å². The van der Waals surface area contributed by atoms with Gasteiger partial charge >= 0.3 is 0 Å². The molecule has 10 aromatic carbocycles. The molecule has 2 nitrogen and oxygen atoms in total. The maximum atomic E-state index is 6.67. The van der Waals surface area contributed by atoms with E-state index in [0.29, 0.717) is 0 Å². The monoisotopic (exact) mass is 869 g/mol. The number of fused-ring (bicyclic) bond motifs is 10. The van der Waals surface area contributed by atoms with Gasteiger partial charge in [0, 0.05) is 42.1 Å². The van der Waals surface area contributed by atoms with Crippen molar-refractivity contribution >= 4 is 75.7 Å². The van der Waals surface area contributed by atoms with Gasteiger partial charge in [-0.05, 0) is 127 Å². The van der Waals surface area contributed by atoms with Crippen LogP contribution in [0.2, 0.25) is 0 Å². The van der Waals surface area contributed by atoms with Crippen molar-refractivity contribution in [3.05, 3.63) is 240 Å². The lowest BCUT2D eigenvalue weighted by molar-refractivity contribution is 0.444. The van der Waals surface area contributed by atoms with Crippen LogP contribution in [0.5, 0.6) is 5.75 Å². The van der Waals surface area contributed by atoms with E-state index in [4.69, 9.17) is 4.74 Å². The van der Waals surface area contributed by atoms with Crippen LogP contribution < -0.4 is 4.74 Å². The summed E-state index contributed by atoms with van der Waals surface area (Å²) < 4.78 is 11.8.